The minimum absolute atomic E-state index is 0.192. The third-order valence-corrected chi connectivity index (χ3v) is 3.10. The summed E-state index contributed by atoms with van der Waals surface area (Å²) in [6, 6.07) is 6.92. The lowest BCUT2D eigenvalue weighted by Crippen LogP contribution is -2.13. The van der Waals surface area contributed by atoms with Crippen LogP contribution in [0, 0.1) is 13.8 Å². The Kier molecular flexibility index (Phi) is 4.94. The second-order valence-electron chi connectivity index (χ2n) is 4.28. The molecule has 0 saturated heterocycles. The van der Waals surface area contributed by atoms with Crippen molar-refractivity contribution in [1.29, 1.82) is 0 Å². The van der Waals surface area contributed by atoms with Crippen LogP contribution >= 0.6 is 11.6 Å². The van der Waals surface area contributed by atoms with Crippen LogP contribution in [0.15, 0.2) is 33.9 Å². The van der Waals surface area contributed by atoms with E-state index in [1.807, 2.05) is 6.92 Å². The molecule has 1 aromatic carbocycles. The highest BCUT2D eigenvalue weighted by atomic mass is 35.5. The van der Waals surface area contributed by atoms with Gasteiger partial charge in [0.2, 0.25) is 0 Å². The molecule has 0 fully saturated rings. The number of para-hydroxylation sites is 1. The number of amides is 1. The molecule has 0 saturated carbocycles. The van der Waals surface area contributed by atoms with E-state index in [-0.39, 0.29) is 6.61 Å². The van der Waals surface area contributed by atoms with Gasteiger partial charge in [0.05, 0.1) is 22.0 Å². The van der Waals surface area contributed by atoms with Crippen LogP contribution < -0.4 is 5.32 Å². The van der Waals surface area contributed by atoms with Crippen LogP contribution in [0.5, 0.6) is 0 Å². The maximum absolute atomic E-state index is 11.6. The summed E-state index contributed by atoms with van der Waals surface area (Å²) in [5, 5.41) is 10.4. The molecule has 0 atom stereocenters. The SMILES string of the molecule is Cc1noc(C)c1CON=CC(=O)Nc1ccccc1Cl. The molecule has 1 aromatic heterocycles. The molecule has 0 spiro atoms. The van der Waals surface area contributed by atoms with Gasteiger partial charge < -0.3 is 14.7 Å². The van der Waals surface area contributed by atoms with Crippen molar-refractivity contribution < 1.29 is 14.2 Å². The van der Waals surface area contributed by atoms with Gasteiger partial charge in [0, 0.05) is 0 Å². The van der Waals surface area contributed by atoms with E-state index in [2.05, 4.69) is 15.6 Å². The van der Waals surface area contributed by atoms with Crippen molar-refractivity contribution in [3.8, 4) is 0 Å². The summed E-state index contributed by atoms with van der Waals surface area (Å²) in [6.45, 7) is 3.78. The summed E-state index contributed by atoms with van der Waals surface area (Å²) in [4.78, 5) is 16.7. The molecule has 7 heteroatoms. The highest BCUT2D eigenvalue weighted by Crippen LogP contribution is 2.20. The number of nitrogens with one attached hydrogen (secondary N) is 1. The first-order chi connectivity index (χ1) is 10.1. The van der Waals surface area contributed by atoms with Crippen LogP contribution in [-0.2, 0) is 16.2 Å². The molecule has 110 valence electrons. The van der Waals surface area contributed by atoms with E-state index in [4.69, 9.17) is 21.0 Å². The highest BCUT2D eigenvalue weighted by molar-refractivity contribution is 6.36. The number of oxime groups is 1. The van der Waals surface area contributed by atoms with Gasteiger partial charge in [0.1, 0.15) is 18.6 Å². The van der Waals surface area contributed by atoms with Gasteiger partial charge in [0.25, 0.3) is 5.91 Å². The van der Waals surface area contributed by atoms with Gasteiger partial charge in [-0.25, -0.2) is 0 Å². The third kappa shape index (κ3) is 4.06. The Morgan fingerprint density at radius 3 is 2.90 bits per heavy atom. The Morgan fingerprint density at radius 2 is 2.24 bits per heavy atom. The van der Waals surface area contributed by atoms with Gasteiger partial charge in [-0.15, -0.1) is 0 Å². The van der Waals surface area contributed by atoms with Crippen molar-refractivity contribution in [1.82, 2.24) is 5.16 Å². The molecule has 0 radical (unpaired) electrons. The number of hydrogen-bond acceptors (Lipinski definition) is 5. The predicted molar refractivity (Wildman–Crippen MR) is 79.3 cm³/mol. The number of halogens is 1. The smallest absolute Gasteiger partial charge is 0.270 e. The quantitative estimate of drug-likeness (QED) is 0.680. The molecule has 1 heterocycles. The molecule has 6 nitrogen and oxygen atoms in total. The average Bonchev–Trinajstić information content (AvgIpc) is 2.77. The Bertz CT molecular complexity index is 648. The summed E-state index contributed by atoms with van der Waals surface area (Å²) in [7, 11) is 0. The van der Waals surface area contributed by atoms with Gasteiger partial charge in [-0.05, 0) is 26.0 Å². The molecule has 0 aliphatic heterocycles. The number of carbonyl (C=O) groups is 1. The number of carbonyl (C=O) groups excluding carboxylic acids is 1. The van der Waals surface area contributed by atoms with Crippen LogP contribution in [0.1, 0.15) is 17.0 Å². The first-order valence-electron chi connectivity index (χ1n) is 6.20. The number of anilines is 1. The van der Waals surface area contributed by atoms with E-state index >= 15 is 0 Å². The Balaban J connectivity index is 1.85. The zero-order valence-electron chi connectivity index (χ0n) is 11.6. The molecule has 1 N–H and O–H groups in total. The van der Waals surface area contributed by atoms with Gasteiger partial charge in [-0.3, -0.25) is 4.79 Å². The van der Waals surface area contributed by atoms with Crippen molar-refractivity contribution in [3.05, 3.63) is 46.3 Å². The summed E-state index contributed by atoms with van der Waals surface area (Å²) in [5.74, 6) is 0.241. The van der Waals surface area contributed by atoms with Crippen LogP contribution in [0.2, 0.25) is 5.02 Å². The molecule has 2 rings (SSSR count). The minimum atomic E-state index is -0.429. The van der Waals surface area contributed by atoms with E-state index < -0.39 is 5.91 Å². The predicted octanol–water partition coefficient (Wildman–Crippen LogP) is 3.09. The molecule has 0 aliphatic rings. The summed E-state index contributed by atoms with van der Waals surface area (Å²) >= 11 is 5.92. The van der Waals surface area contributed by atoms with E-state index in [9.17, 15) is 4.79 Å². The van der Waals surface area contributed by atoms with E-state index in [1.54, 1.807) is 31.2 Å². The molecule has 21 heavy (non-hydrogen) atoms. The number of benzene rings is 1. The third-order valence-electron chi connectivity index (χ3n) is 2.77. The molecular formula is C14H14ClN3O3. The normalized spacial score (nSPS) is 10.8. The Morgan fingerprint density at radius 1 is 1.48 bits per heavy atom. The molecular weight excluding hydrogens is 294 g/mol. The topological polar surface area (TPSA) is 76.7 Å². The number of nitrogens with zero attached hydrogens (tertiary/aromatic N) is 2. The second kappa shape index (κ2) is 6.90. The van der Waals surface area contributed by atoms with E-state index in [1.165, 1.54) is 0 Å². The number of aromatic nitrogens is 1. The maximum atomic E-state index is 11.6. The van der Waals surface area contributed by atoms with E-state index in [0.29, 0.717) is 16.5 Å². The Hall–Kier alpha value is -2.34. The molecule has 0 aliphatic carbocycles. The Labute approximate surface area is 126 Å². The zero-order chi connectivity index (χ0) is 15.2. The summed E-state index contributed by atoms with van der Waals surface area (Å²) < 4.78 is 4.99. The zero-order valence-corrected chi connectivity index (χ0v) is 12.3. The van der Waals surface area contributed by atoms with E-state index in [0.717, 1.165) is 17.5 Å². The maximum Gasteiger partial charge on any atom is 0.270 e. The summed E-state index contributed by atoms with van der Waals surface area (Å²) in [6.07, 6.45) is 1.04. The minimum Gasteiger partial charge on any atom is -0.391 e. The van der Waals surface area contributed by atoms with Gasteiger partial charge in [-0.1, -0.05) is 34.0 Å². The van der Waals surface area contributed by atoms with Gasteiger partial charge in [0.15, 0.2) is 0 Å². The van der Waals surface area contributed by atoms with Crippen LogP contribution in [0.3, 0.4) is 0 Å². The fraction of sp³-hybridized carbons (Fsp3) is 0.214. The molecule has 0 unspecified atom stereocenters. The molecule has 1 amide bonds. The number of aryl methyl sites for hydroxylation is 2. The summed E-state index contributed by atoms with van der Waals surface area (Å²) in [5.41, 5.74) is 2.07. The fourth-order valence-corrected chi connectivity index (χ4v) is 1.81. The van der Waals surface area contributed by atoms with Crippen LogP contribution in [0.25, 0.3) is 0 Å². The second-order valence-corrected chi connectivity index (χ2v) is 4.69. The van der Waals surface area contributed by atoms with Crippen molar-refractivity contribution in [2.75, 3.05) is 5.32 Å². The lowest BCUT2D eigenvalue weighted by atomic mass is 10.2. The molecule has 2 aromatic rings. The highest BCUT2D eigenvalue weighted by Gasteiger charge is 2.09. The van der Waals surface area contributed by atoms with Crippen LogP contribution in [0.4, 0.5) is 5.69 Å². The standard InChI is InChI=1S/C14H14ClN3O3/c1-9-11(10(2)21-18-9)8-20-16-7-14(19)17-13-6-4-3-5-12(13)15/h3-7H,8H2,1-2H3,(H,17,19). The first kappa shape index (κ1) is 15.1. The van der Waals surface area contributed by atoms with Crippen molar-refractivity contribution in [2.45, 2.75) is 20.5 Å². The van der Waals surface area contributed by atoms with Crippen molar-refractivity contribution in [3.63, 3.8) is 0 Å². The first-order valence-corrected chi connectivity index (χ1v) is 6.58. The number of hydrogen-bond donors (Lipinski definition) is 1. The van der Waals surface area contributed by atoms with Gasteiger partial charge in [-0.2, -0.15) is 0 Å². The fourth-order valence-electron chi connectivity index (χ4n) is 1.62. The lowest BCUT2D eigenvalue weighted by Gasteiger charge is -2.03. The monoisotopic (exact) mass is 307 g/mol. The lowest BCUT2D eigenvalue weighted by molar-refractivity contribution is -0.110. The van der Waals surface area contributed by atoms with Crippen molar-refractivity contribution >= 4 is 29.4 Å². The van der Waals surface area contributed by atoms with Crippen molar-refractivity contribution in [2.24, 2.45) is 5.16 Å². The average molecular weight is 308 g/mol. The molecule has 0 bridgehead atoms. The number of rotatable bonds is 5. The van der Waals surface area contributed by atoms with Gasteiger partial charge >= 0.3 is 0 Å². The largest absolute Gasteiger partial charge is 0.391 e. The van der Waals surface area contributed by atoms with Crippen LogP contribution in [-0.4, -0.2) is 17.3 Å².